The molecule has 1 heterocycles. The predicted octanol–water partition coefficient (Wildman–Crippen LogP) is 4.73. The standard InChI is InChI=1S/C25H18ClFN2O5/c1-33-19-9-7-18(8-10-19)29-24(31)20(23(30)28-25(29)32)13-16-12-17(26)6-11-22(16)34-14-15-4-2-3-5-21(15)27/h2-13H,14H2,1H3,(H,28,30,32)/b20-13+. The molecule has 0 aromatic heterocycles. The lowest BCUT2D eigenvalue weighted by atomic mass is 10.1. The molecular formula is C25H18ClFN2O5. The van der Waals surface area contributed by atoms with Crippen molar-refractivity contribution in [1.82, 2.24) is 5.32 Å². The van der Waals surface area contributed by atoms with Gasteiger partial charge in [0.25, 0.3) is 11.8 Å². The molecule has 34 heavy (non-hydrogen) atoms. The van der Waals surface area contributed by atoms with Crippen LogP contribution in [0.4, 0.5) is 14.9 Å². The van der Waals surface area contributed by atoms with Crippen molar-refractivity contribution in [3.63, 3.8) is 0 Å². The van der Waals surface area contributed by atoms with Crippen molar-refractivity contribution in [1.29, 1.82) is 0 Å². The molecule has 0 saturated carbocycles. The van der Waals surface area contributed by atoms with Gasteiger partial charge < -0.3 is 9.47 Å². The number of anilines is 1. The highest BCUT2D eigenvalue weighted by atomic mass is 35.5. The van der Waals surface area contributed by atoms with E-state index >= 15 is 0 Å². The Kier molecular flexibility index (Phi) is 6.60. The predicted molar refractivity (Wildman–Crippen MR) is 124 cm³/mol. The average Bonchev–Trinajstić information content (AvgIpc) is 2.82. The number of carbonyl (C=O) groups is 3. The molecule has 0 aliphatic carbocycles. The lowest BCUT2D eigenvalue weighted by molar-refractivity contribution is -0.122. The third kappa shape index (κ3) is 4.77. The summed E-state index contributed by atoms with van der Waals surface area (Å²) in [4.78, 5) is 38.9. The first-order valence-corrected chi connectivity index (χ1v) is 10.5. The van der Waals surface area contributed by atoms with Crippen LogP contribution in [0.1, 0.15) is 11.1 Å². The fraction of sp³-hybridized carbons (Fsp3) is 0.0800. The Morgan fingerprint density at radius 3 is 2.47 bits per heavy atom. The minimum atomic E-state index is -0.876. The van der Waals surface area contributed by atoms with Crippen molar-refractivity contribution >= 4 is 41.2 Å². The van der Waals surface area contributed by atoms with Gasteiger partial charge in [0.2, 0.25) is 0 Å². The molecular weight excluding hydrogens is 463 g/mol. The number of imide groups is 2. The largest absolute Gasteiger partial charge is 0.497 e. The molecule has 3 aromatic rings. The zero-order chi connectivity index (χ0) is 24.2. The molecule has 0 bridgehead atoms. The van der Waals surface area contributed by atoms with E-state index in [0.29, 0.717) is 21.9 Å². The Bertz CT molecular complexity index is 1310. The summed E-state index contributed by atoms with van der Waals surface area (Å²) in [6, 6.07) is 16.1. The molecule has 4 rings (SSSR count). The van der Waals surface area contributed by atoms with Crippen LogP contribution in [0.25, 0.3) is 6.08 Å². The van der Waals surface area contributed by atoms with Crippen LogP contribution >= 0.6 is 11.6 Å². The third-order valence-electron chi connectivity index (χ3n) is 5.04. The highest BCUT2D eigenvalue weighted by Gasteiger charge is 2.37. The van der Waals surface area contributed by atoms with Gasteiger partial charge >= 0.3 is 6.03 Å². The molecule has 1 saturated heterocycles. The number of urea groups is 1. The topological polar surface area (TPSA) is 84.9 Å². The summed E-state index contributed by atoms with van der Waals surface area (Å²) < 4.78 is 24.8. The molecule has 1 N–H and O–H groups in total. The SMILES string of the molecule is COc1ccc(N2C(=O)NC(=O)/C(=C\c3cc(Cl)ccc3OCc3ccccc3F)C2=O)cc1. The molecule has 172 valence electrons. The molecule has 4 amide bonds. The number of methoxy groups -OCH3 is 1. The third-order valence-corrected chi connectivity index (χ3v) is 5.28. The Hall–Kier alpha value is -4.17. The first-order chi connectivity index (χ1) is 16.4. The van der Waals surface area contributed by atoms with Crippen LogP contribution < -0.4 is 19.7 Å². The normalized spacial score (nSPS) is 14.9. The molecule has 0 atom stereocenters. The van der Waals surface area contributed by atoms with Crippen molar-refractivity contribution in [3.05, 3.63) is 94.3 Å². The molecule has 0 unspecified atom stereocenters. The van der Waals surface area contributed by atoms with Gasteiger partial charge in [-0.15, -0.1) is 0 Å². The van der Waals surface area contributed by atoms with E-state index in [1.54, 1.807) is 42.5 Å². The summed E-state index contributed by atoms with van der Waals surface area (Å²) >= 11 is 6.12. The van der Waals surface area contributed by atoms with E-state index < -0.39 is 23.7 Å². The number of benzene rings is 3. The van der Waals surface area contributed by atoms with Crippen LogP contribution in [0.5, 0.6) is 11.5 Å². The second kappa shape index (κ2) is 9.76. The number of carbonyl (C=O) groups excluding carboxylic acids is 3. The van der Waals surface area contributed by atoms with Gasteiger partial charge in [-0.25, -0.2) is 14.1 Å². The monoisotopic (exact) mass is 480 g/mol. The number of hydrogen-bond donors (Lipinski definition) is 1. The van der Waals surface area contributed by atoms with E-state index in [2.05, 4.69) is 5.32 Å². The van der Waals surface area contributed by atoms with E-state index in [-0.39, 0.29) is 23.6 Å². The van der Waals surface area contributed by atoms with Crippen LogP contribution in [0.2, 0.25) is 5.02 Å². The molecule has 0 radical (unpaired) electrons. The number of rotatable bonds is 6. The summed E-state index contributed by atoms with van der Waals surface area (Å²) in [5, 5.41) is 2.49. The van der Waals surface area contributed by atoms with Gasteiger partial charge in [0, 0.05) is 16.1 Å². The number of nitrogens with zero attached hydrogens (tertiary/aromatic N) is 1. The molecule has 1 fully saturated rings. The van der Waals surface area contributed by atoms with Gasteiger partial charge in [0.15, 0.2) is 0 Å². The van der Waals surface area contributed by atoms with Gasteiger partial charge in [-0.1, -0.05) is 29.8 Å². The van der Waals surface area contributed by atoms with Crippen LogP contribution in [0.15, 0.2) is 72.3 Å². The van der Waals surface area contributed by atoms with Gasteiger partial charge in [0.1, 0.15) is 29.5 Å². The summed E-state index contributed by atoms with van der Waals surface area (Å²) in [5.41, 5.74) is 0.599. The molecule has 7 nitrogen and oxygen atoms in total. The Balaban J connectivity index is 1.67. The number of ether oxygens (including phenoxy) is 2. The second-order valence-corrected chi connectivity index (χ2v) is 7.65. The molecule has 9 heteroatoms. The van der Waals surface area contributed by atoms with Gasteiger partial charge in [-0.2, -0.15) is 0 Å². The van der Waals surface area contributed by atoms with Crippen molar-refractivity contribution in [2.24, 2.45) is 0 Å². The number of halogens is 2. The van der Waals surface area contributed by atoms with E-state index in [9.17, 15) is 18.8 Å². The average molecular weight is 481 g/mol. The van der Waals surface area contributed by atoms with Crippen LogP contribution in [0.3, 0.4) is 0 Å². The summed E-state index contributed by atoms with van der Waals surface area (Å²) in [6.45, 7) is -0.0823. The van der Waals surface area contributed by atoms with Crippen LogP contribution in [-0.2, 0) is 16.2 Å². The lowest BCUT2D eigenvalue weighted by Crippen LogP contribution is -2.54. The van der Waals surface area contributed by atoms with E-state index in [0.717, 1.165) is 4.90 Å². The summed E-state index contributed by atoms with van der Waals surface area (Å²) in [5.74, 6) is -1.30. The summed E-state index contributed by atoms with van der Waals surface area (Å²) in [6.07, 6.45) is 1.28. The Morgan fingerprint density at radius 2 is 1.76 bits per heavy atom. The first-order valence-electron chi connectivity index (χ1n) is 10.1. The maximum Gasteiger partial charge on any atom is 0.335 e. The highest BCUT2D eigenvalue weighted by molar-refractivity contribution is 6.39. The number of nitrogens with one attached hydrogen (secondary N) is 1. The molecule has 1 aliphatic heterocycles. The Labute approximate surface area is 199 Å². The first kappa shape index (κ1) is 23.0. The molecule has 0 spiro atoms. The Morgan fingerprint density at radius 1 is 1.03 bits per heavy atom. The molecule has 1 aliphatic rings. The number of amides is 4. The lowest BCUT2D eigenvalue weighted by Gasteiger charge is -2.26. The van der Waals surface area contributed by atoms with Crippen LogP contribution in [0, 0.1) is 5.82 Å². The van der Waals surface area contributed by atoms with E-state index in [1.807, 2.05) is 0 Å². The van der Waals surface area contributed by atoms with E-state index in [4.69, 9.17) is 21.1 Å². The second-order valence-electron chi connectivity index (χ2n) is 7.22. The summed E-state index contributed by atoms with van der Waals surface area (Å²) in [7, 11) is 1.49. The number of hydrogen-bond acceptors (Lipinski definition) is 5. The van der Waals surface area contributed by atoms with E-state index in [1.165, 1.54) is 37.5 Å². The fourth-order valence-corrected chi connectivity index (χ4v) is 3.49. The zero-order valence-electron chi connectivity index (χ0n) is 17.9. The quantitative estimate of drug-likeness (QED) is 0.407. The number of barbiturate groups is 1. The molecule has 3 aromatic carbocycles. The van der Waals surface area contributed by atoms with Crippen LogP contribution in [-0.4, -0.2) is 25.0 Å². The van der Waals surface area contributed by atoms with Crippen molar-refractivity contribution in [2.75, 3.05) is 12.0 Å². The van der Waals surface area contributed by atoms with Crippen molar-refractivity contribution in [2.45, 2.75) is 6.61 Å². The minimum Gasteiger partial charge on any atom is -0.497 e. The minimum absolute atomic E-state index is 0.0823. The van der Waals surface area contributed by atoms with Crippen molar-refractivity contribution in [3.8, 4) is 11.5 Å². The van der Waals surface area contributed by atoms with Gasteiger partial charge in [0.05, 0.1) is 12.8 Å². The van der Waals surface area contributed by atoms with Gasteiger partial charge in [-0.05, 0) is 54.6 Å². The smallest absolute Gasteiger partial charge is 0.335 e. The zero-order valence-corrected chi connectivity index (χ0v) is 18.6. The van der Waals surface area contributed by atoms with Crippen molar-refractivity contribution < 1.29 is 28.2 Å². The highest BCUT2D eigenvalue weighted by Crippen LogP contribution is 2.29. The fourth-order valence-electron chi connectivity index (χ4n) is 3.31. The maximum atomic E-state index is 14.0. The van der Waals surface area contributed by atoms with Gasteiger partial charge in [-0.3, -0.25) is 14.9 Å². The maximum absolute atomic E-state index is 14.0.